The van der Waals surface area contributed by atoms with Crippen LogP contribution < -0.4 is 5.73 Å². The molecule has 3 aromatic heterocycles. The minimum Gasteiger partial charge on any atom is -0.396 e. The van der Waals surface area contributed by atoms with Crippen molar-refractivity contribution >= 4 is 11.3 Å². The summed E-state index contributed by atoms with van der Waals surface area (Å²) in [5.41, 5.74) is 10.9. The molecule has 0 fully saturated rings. The molecule has 0 aliphatic rings. The molecule has 0 aliphatic heterocycles. The van der Waals surface area contributed by atoms with Gasteiger partial charge in [0.25, 0.3) is 0 Å². The number of nitrogen functional groups attached to an aromatic ring is 1. The molecule has 22 heavy (non-hydrogen) atoms. The molecule has 1 aromatic carbocycles. The maximum atomic E-state index is 13.1. The van der Waals surface area contributed by atoms with E-state index < -0.39 is 0 Å². The molecule has 3 N–H and O–H groups in total. The van der Waals surface area contributed by atoms with Gasteiger partial charge in [-0.3, -0.25) is 5.10 Å². The van der Waals surface area contributed by atoms with Crippen molar-refractivity contribution in [2.24, 2.45) is 0 Å². The Morgan fingerprint density at radius 2 is 1.95 bits per heavy atom. The van der Waals surface area contributed by atoms with E-state index in [0.29, 0.717) is 5.69 Å². The molecule has 6 heteroatoms. The van der Waals surface area contributed by atoms with E-state index in [4.69, 9.17) is 5.73 Å². The van der Waals surface area contributed by atoms with Crippen LogP contribution in [0.5, 0.6) is 0 Å². The van der Waals surface area contributed by atoms with Crippen LogP contribution in [0.2, 0.25) is 0 Å². The summed E-state index contributed by atoms with van der Waals surface area (Å²) >= 11 is 0. The number of hydrogen-bond donors (Lipinski definition) is 2. The molecule has 0 unspecified atom stereocenters. The quantitative estimate of drug-likeness (QED) is 0.596. The number of halogens is 1. The summed E-state index contributed by atoms with van der Waals surface area (Å²) in [6.45, 7) is 0. The molecule has 108 valence electrons. The minimum absolute atomic E-state index is 0.270. The molecule has 0 spiro atoms. The van der Waals surface area contributed by atoms with Gasteiger partial charge in [-0.2, -0.15) is 5.10 Å². The zero-order valence-electron chi connectivity index (χ0n) is 11.5. The maximum absolute atomic E-state index is 13.1. The first-order chi connectivity index (χ1) is 10.7. The zero-order valence-corrected chi connectivity index (χ0v) is 11.5. The van der Waals surface area contributed by atoms with Gasteiger partial charge in [-0.1, -0.05) is 0 Å². The molecular formula is C16H12FN5. The molecule has 4 aromatic rings. The van der Waals surface area contributed by atoms with Crippen LogP contribution in [0.1, 0.15) is 0 Å². The van der Waals surface area contributed by atoms with E-state index in [1.807, 2.05) is 22.9 Å². The third-order valence-corrected chi connectivity index (χ3v) is 3.60. The van der Waals surface area contributed by atoms with Gasteiger partial charge in [-0.15, -0.1) is 0 Å². The van der Waals surface area contributed by atoms with Gasteiger partial charge in [0.05, 0.1) is 17.6 Å². The fraction of sp³-hybridized carbons (Fsp3) is 0. The van der Waals surface area contributed by atoms with E-state index in [1.54, 1.807) is 24.5 Å². The lowest BCUT2D eigenvalue weighted by molar-refractivity contribution is 0.628. The maximum Gasteiger partial charge on any atom is 0.160 e. The Morgan fingerprint density at radius 3 is 2.77 bits per heavy atom. The number of anilines is 1. The fourth-order valence-electron chi connectivity index (χ4n) is 2.55. The predicted octanol–water partition coefficient (Wildman–Crippen LogP) is 3.11. The summed E-state index contributed by atoms with van der Waals surface area (Å²) in [5.74, 6) is -0.270. The lowest BCUT2D eigenvalue weighted by Crippen LogP contribution is -1.94. The summed E-state index contributed by atoms with van der Waals surface area (Å²) < 4.78 is 15.0. The third-order valence-electron chi connectivity index (χ3n) is 3.60. The van der Waals surface area contributed by atoms with Crippen LogP contribution >= 0.6 is 0 Å². The molecule has 0 saturated heterocycles. The van der Waals surface area contributed by atoms with Gasteiger partial charge < -0.3 is 10.1 Å². The summed E-state index contributed by atoms with van der Waals surface area (Å²) in [6.07, 6.45) is 7.21. The summed E-state index contributed by atoms with van der Waals surface area (Å²) in [7, 11) is 0. The van der Waals surface area contributed by atoms with Crippen molar-refractivity contribution in [1.29, 1.82) is 0 Å². The van der Waals surface area contributed by atoms with E-state index in [1.165, 1.54) is 12.1 Å². The van der Waals surface area contributed by atoms with Crippen molar-refractivity contribution in [2.45, 2.75) is 0 Å². The number of nitrogens with two attached hydrogens (primary N) is 1. The number of H-pyrrole nitrogens is 1. The van der Waals surface area contributed by atoms with E-state index >= 15 is 0 Å². The van der Waals surface area contributed by atoms with Crippen molar-refractivity contribution in [3.8, 4) is 22.4 Å². The second kappa shape index (κ2) is 4.70. The normalized spacial score (nSPS) is 11.1. The first kappa shape index (κ1) is 12.6. The van der Waals surface area contributed by atoms with E-state index in [2.05, 4.69) is 15.2 Å². The van der Waals surface area contributed by atoms with Crippen LogP contribution in [-0.4, -0.2) is 19.6 Å². The molecular weight excluding hydrogens is 281 g/mol. The lowest BCUT2D eigenvalue weighted by Gasteiger charge is -2.06. The van der Waals surface area contributed by atoms with Crippen LogP contribution in [0.15, 0.2) is 55.1 Å². The second-order valence-electron chi connectivity index (χ2n) is 5.01. The van der Waals surface area contributed by atoms with Crippen LogP contribution in [0, 0.1) is 5.82 Å². The number of imidazole rings is 1. The number of aromatic nitrogens is 4. The number of fused-ring (bicyclic) bond motifs is 1. The topological polar surface area (TPSA) is 72.0 Å². The van der Waals surface area contributed by atoms with E-state index in [0.717, 1.165) is 28.0 Å². The van der Waals surface area contributed by atoms with Gasteiger partial charge in [0.15, 0.2) is 5.65 Å². The molecule has 0 saturated carbocycles. The smallest absolute Gasteiger partial charge is 0.160 e. The number of pyridine rings is 1. The predicted molar refractivity (Wildman–Crippen MR) is 82.6 cm³/mol. The number of nitrogens with zero attached hydrogens (tertiary/aromatic N) is 3. The highest BCUT2D eigenvalue weighted by Gasteiger charge is 2.12. The molecule has 3 heterocycles. The standard InChI is InChI=1S/C16H12FN5/c17-12-3-1-10(2-4-12)15-13(8-20-21-15)11-7-14(18)16-19-5-6-22(16)9-11/h1-9H,18H2,(H,20,21). The van der Waals surface area contributed by atoms with E-state index in [9.17, 15) is 4.39 Å². The largest absolute Gasteiger partial charge is 0.396 e. The van der Waals surface area contributed by atoms with Crippen LogP contribution in [-0.2, 0) is 0 Å². The van der Waals surface area contributed by atoms with Crippen LogP contribution in [0.4, 0.5) is 10.1 Å². The highest BCUT2D eigenvalue weighted by atomic mass is 19.1. The van der Waals surface area contributed by atoms with Crippen molar-refractivity contribution in [1.82, 2.24) is 19.6 Å². The Balaban J connectivity index is 1.89. The summed E-state index contributed by atoms with van der Waals surface area (Å²) in [4.78, 5) is 4.20. The Hall–Kier alpha value is -3.15. The third kappa shape index (κ3) is 1.93. The van der Waals surface area contributed by atoms with Gasteiger partial charge in [0.1, 0.15) is 5.82 Å². The number of rotatable bonds is 2. The molecule has 0 bridgehead atoms. The van der Waals surface area contributed by atoms with Crippen molar-refractivity contribution in [2.75, 3.05) is 5.73 Å². The Kier molecular flexibility index (Phi) is 2.69. The Morgan fingerprint density at radius 1 is 1.14 bits per heavy atom. The molecule has 0 amide bonds. The van der Waals surface area contributed by atoms with Gasteiger partial charge >= 0.3 is 0 Å². The fourth-order valence-corrected chi connectivity index (χ4v) is 2.55. The van der Waals surface area contributed by atoms with Gasteiger partial charge in [-0.25, -0.2) is 9.37 Å². The first-order valence-corrected chi connectivity index (χ1v) is 6.74. The molecule has 0 radical (unpaired) electrons. The Bertz CT molecular complexity index is 952. The number of benzene rings is 1. The van der Waals surface area contributed by atoms with Gasteiger partial charge in [0.2, 0.25) is 0 Å². The van der Waals surface area contributed by atoms with Crippen molar-refractivity contribution < 1.29 is 4.39 Å². The molecule has 0 atom stereocenters. The second-order valence-corrected chi connectivity index (χ2v) is 5.01. The van der Waals surface area contributed by atoms with Crippen molar-refractivity contribution in [3.63, 3.8) is 0 Å². The number of aromatic amines is 1. The average molecular weight is 293 g/mol. The number of hydrogen-bond acceptors (Lipinski definition) is 3. The molecule has 5 nitrogen and oxygen atoms in total. The lowest BCUT2D eigenvalue weighted by atomic mass is 10.0. The highest BCUT2D eigenvalue weighted by molar-refractivity contribution is 5.83. The summed E-state index contributed by atoms with van der Waals surface area (Å²) in [5, 5.41) is 7.07. The van der Waals surface area contributed by atoms with Crippen LogP contribution in [0.25, 0.3) is 28.0 Å². The zero-order chi connectivity index (χ0) is 15.1. The summed E-state index contributed by atoms with van der Waals surface area (Å²) in [6, 6.07) is 8.14. The molecule has 0 aliphatic carbocycles. The minimum atomic E-state index is -0.270. The Labute approximate surface area is 125 Å². The first-order valence-electron chi connectivity index (χ1n) is 6.74. The highest BCUT2D eigenvalue weighted by Crippen LogP contribution is 2.31. The SMILES string of the molecule is Nc1cc(-c2cn[nH]c2-c2ccc(F)cc2)cn2ccnc12. The average Bonchev–Trinajstić information content (AvgIpc) is 3.16. The van der Waals surface area contributed by atoms with Crippen molar-refractivity contribution in [3.05, 3.63) is 60.9 Å². The number of nitrogens with one attached hydrogen (secondary N) is 1. The van der Waals surface area contributed by atoms with Gasteiger partial charge in [0, 0.05) is 35.3 Å². The van der Waals surface area contributed by atoms with E-state index in [-0.39, 0.29) is 5.82 Å². The molecule has 4 rings (SSSR count). The monoisotopic (exact) mass is 293 g/mol. The van der Waals surface area contributed by atoms with Crippen LogP contribution in [0.3, 0.4) is 0 Å². The van der Waals surface area contributed by atoms with Gasteiger partial charge in [-0.05, 0) is 30.3 Å².